The summed E-state index contributed by atoms with van der Waals surface area (Å²) in [7, 11) is 0. The maximum atomic E-state index is 12.5. The highest BCUT2D eigenvalue weighted by Crippen LogP contribution is 2.66. The van der Waals surface area contributed by atoms with Gasteiger partial charge in [0.2, 0.25) is 0 Å². The molecule has 0 spiro atoms. The molecule has 144 valence electrons. The Hall–Kier alpha value is -1.62. The lowest BCUT2D eigenvalue weighted by Crippen LogP contribution is -2.38. The van der Waals surface area contributed by atoms with Crippen molar-refractivity contribution in [3.05, 3.63) is 23.3 Å². The molecule has 0 aromatic carbocycles. The van der Waals surface area contributed by atoms with Crippen molar-refractivity contribution in [3.8, 4) is 0 Å². The van der Waals surface area contributed by atoms with Crippen molar-refractivity contribution in [2.75, 3.05) is 13.2 Å². The highest BCUT2D eigenvalue weighted by molar-refractivity contribution is 5.90. The Morgan fingerprint density at radius 1 is 1.12 bits per heavy atom. The molecule has 26 heavy (non-hydrogen) atoms. The van der Waals surface area contributed by atoms with Gasteiger partial charge in [0.1, 0.15) is 18.8 Å². The van der Waals surface area contributed by atoms with Crippen molar-refractivity contribution >= 4 is 11.9 Å². The van der Waals surface area contributed by atoms with Crippen LogP contribution in [0.2, 0.25) is 0 Å². The van der Waals surface area contributed by atoms with Crippen LogP contribution in [0.1, 0.15) is 53.9 Å². The average molecular weight is 362 g/mol. The second-order valence-electron chi connectivity index (χ2n) is 8.76. The van der Waals surface area contributed by atoms with Crippen LogP contribution in [-0.2, 0) is 23.8 Å². The fourth-order valence-electron chi connectivity index (χ4n) is 4.36. The Kier molecular flexibility index (Phi) is 5.04. The fraction of sp³-hybridized carbons (Fsp3) is 0.714. The summed E-state index contributed by atoms with van der Waals surface area (Å²) in [5.74, 6) is -0.0643. The van der Waals surface area contributed by atoms with Crippen LogP contribution in [0.4, 0.5) is 0 Å². The van der Waals surface area contributed by atoms with E-state index in [2.05, 4.69) is 20.8 Å². The number of ether oxygens (including phenoxy) is 3. The Morgan fingerprint density at radius 2 is 1.73 bits per heavy atom. The van der Waals surface area contributed by atoms with E-state index in [9.17, 15) is 9.59 Å². The lowest BCUT2D eigenvalue weighted by molar-refractivity contribution is -0.152. The Balaban J connectivity index is 1.56. The van der Waals surface area contributed by atoms with E-state index in [1.165, 1.54) is 6.42 Å². The van der Waals surface area contributed by atoms with Crippen LogP contribution in [0.3, 0.4) is 0 Å². The number of carbonyl (C=O) groups excluding carboxylic acids is 2. The molecule has 2 saturated carbocycles. The molecule has 0 radical (unpaired) electrons. The minimum absolute atomic E-state index is 0.0271. The number of rotatable bonds is 6. The third-order valence-corrected chi connectivity index (χ3v) is 6.99. The van der Waals surface area contributed by atoms with Crippen molar-refractivity contribution in [2.24, 2.45) is 16.7 Å². The molecular weight excluding hydrogens is 332 g/mol. The molecule has 0 N–H and O–H groups in total. The van der Waals surface area contributed by atoms with Gasteiger partial charge in [-0.2, -0.15) is 0 Å². The van der Waals surface area contributed by atoms with E-state index in [0.717, 1.165) is 12.8 Å². The van der Waals surface area contributed by atoms with E-state index in [1.54, 1.807) is 26.0 Å². The molecule has 5 heteroatoms. The molecular formula is C21H30O5. The second-order valence-corrected chi connectivity index (χ2v) is 8.76. The molecule has 1 aliphatic heterocycles. The molecule has 2 aliphatic carbocycles. The molecule has 3 fully saturated rings. The summed E-state index contributed by atoms with van der Waals surface area (Å²) in [6, 6.07) is 0. The quantitative estimate of drug-likeness (QED) is 0.313. The van der Waals surface area contributed by atoms with Gasteiger partial charge in [-0.3, -0.25) is 0 Å². The van der Waals surface area contributed by atoms with Crippen molar-refractivity contribution in [3.63, 3.8) is 0 Å². The zero-order valence-electron chi connectivity index (χ0n) is 16.5. The van der Waals surface area contributed by atoms with E-state index in [4.69, 9.17) is 14.2 Å². The van der Waals surface area contributed by atoms with Gasteiger partial charge in [-0.15, -0.1) is 0 Å². The molecule has 5 nitrogen and oxygen atoms in total. The van der Waals surface area contributed by atoms with Gasteiger partial charge in [0, 0.05) is 16.6 Å². The topological polar surface area (TPSA) is 65.1 Å². The highest BCUT2D eigenvalue weighted by atomic mass is 16.6. The second kappa shape index (κ2) is 6.84. The first-order chi connectivity index (χ1) is 12.1. The summed E-state index contributed by atoms with van der Waals surface area (Å²) in [5.41, 5.74) is 1.20. The molecule has 4 unspecified atom stereocenters. The summed E-state index contributed by atoms with van der Waals surface area (Å²) in [5, 5.41) is 0. The molecule has 2 bridgehead atoms. The third kappa shape index (κ3) is 3.46. The number of hydrogen-bond donors (Lipinski definition) is 0. The van der Waals surface area contributed by atoms with Crippen molar-refractivity contribution < 1.29 is 23.8 Å². The van der Waals surface area contributed by atoms with Gasteiger partial charge in [0.05, 0.1) is 6.61 Å². The highest BCUT2D eigenvalue weighted by Gasteiger charge is 2.62. The van der Waals surface area contributed by atoms with Crippen LogP contribution >= 0.6 is 0 Å². The van der Waals surface area contributed by atoms with E-state index in [1.807, 2.05) is 0 Å². The molecule has 0 aromatic rings. The number of hydrogen-bond acceptors (Lipinski definition) is 5. The predicted octanol–water partition coefficient (Wildman–Crippen LogP) is 3.58. The lowest BCUT2D eigenvalue weighted by Gasteiger charge is -2.38. The molecule has 3 aliphatic rings. The maximum Gasteiger partial charge on any atom is 0.334 e. The van der Waals surface area contributed by atoms with E-state index in [0.29, 0.717) is 23.7 Å². The predicted molar refractivity (Wildman–Crippen MR) is 97.3 cm³/mol. The SMILES string of the molecule is C/C(=C\C=C(/C)C(=O)OC1CC2CCC1(C)C2(C)C)C(=O)OCC1CO1. The van der Waals surface area contributed by atoms with Crippen LogP contribution in [0.5, 0.6) is 0 Å². The van der Waals surface area contributed by atoms with Gasteiger partial charge >= 0.3 is 11.9 Å². The molecule has 1 saturated heterocycles. The van der Waals surface area contributed by atoms with Crippen molar-refractivity contribution in [1.29, 1.82) is 0 Å². The van der Waals surface area contributed by atoms with Crippen LogP contribution in [0, 0.1) is 16.7 Å². The van der Waals surface area contributed by atoms with Crippen LogP contribution in [0.25, 0.3) is 0 Å². The molecule has 3 rings (SSSR count). The van der Waals surface area contributed by atoms with Crippen LogP contribution in [-0.4, -0.2) is 37.4 Å². The number of carbonyl (C=O) groups is 2. The van der Waals surface area contributed by atoms with E-state index >= 15 is 0 Å². The first-order valence-electron chi connectivity index (χ1n) is 9.50. The normalized spacial score (nSPS) is 35.3. The van der Waals surface area contributed by atoms with E-state index in [-0.39, 0.29) is 41.6 Å². The molecule has 1 heterocycles. The average Bonchev–Trinajstić information content (AvgIpc) is 3.36. The minimum atomic E-state index is -0.389. The fourth-order valence-corrected chi connectivity index (χ4v) is 4.36. The maximum absolute atomic E-state index is 12.5. The number of esters is 2. The van der Waals surface area contributed by atoms with Gasteiger partial charge in [-0.1, -0.05) is 32.9 Å². The summed E-state index contributed by atoms with van der Waals surface area (Å²) in [6.07, 6.45) is 6.55. The zero-order chi connectivity index (χ0) is 19.1. The first-order valence-corrected chi connectivity index (χ1v) is 9.50. The largest absolute Gasteiger partial charge is 0.459 e. The summed E-state index contributed by atoms with van der Waals surface area (Å²) >= 11 is 0. The Morgan fingerprint density at radius 3 is 2.23 bits per heavy atom. The number of epoxide rings is 1. The molecule has 0 amide bonds. The monoisotopic (exact) mass is 362 g/mol. The van der Waals surface area contributed by atoms with E-state index < -0.39 is 0 Å². The molecule has 4 atom stereocenters. The summed E-state index contributed by atoms with van der Waals surface area (Å²) < 4.78 is 16.0. The zero-order valence-corrected chi connectivity index (χ0v) is 16.5. The van der Waals surface area contributed by atoms with Crippen molar-refractivity contribution in [1.82, 2.24) is 0 Å². The van der Waals surface area contributed by atoms with Gasteiger partial charge in [0.15, 0.2) is 0 Å². The molecule has 0 aromatic heterocycles. The number of fused-ring (bicyclic) bond motifs is 2. The minimum Gasteiger partial charge on any atom is -0.459 e. The lowest BCUT2D eigenvalue weighted by atomic mass is 9.70. The van der Waals surface area contributed by atoms with Gasteiger partial charge in [0.25, 0.3) is 0 Å². The van der Waals surface area contributed by atoms with Gasteiger partial charge < -0.3 is 14.2 Å². The Labute approximate surface area is 155 Å². The summed E-state index contributed by atoms with van der Waals surface area (Å²) in [4.78, 5) is 24.3. The standard InChI is InChI=1S/C21H30O5/c1-13(18(22)25-12-16-11-24-16)6-7-14(2)19(23)26-17-10-15-8-9-21(17,5)20(15,3)4/h6-7,15-17H,8-12H2,1-5H3/b13-6+,14-7+. The summed E-state index contributed by atoms with van der Waals surface area (Å²) in [6.45, 7) is 11.2. The number of allylic oxidation sites excluding steroid dienone is 2. The van der Waals surface area contributed by atoms with Crippen LogP contribution < -0.4 is 0 Å². The van der Waals surface area contributed by atoms with Crippen LogP contribution in [0.15, 0.2) is 23.3 Å². The Bertz CT molecular complexity index is 655. The van der Waals surface area contributed by atoms with Gasteiger partial charge in [-0.25, -0.2) is 9.59 Å². The first kappa shape index (κ1) is 19.2. The smallest absolute Gasteiger partial charge is 0.334 e. The third-order valence-electron chi connectivity index (χ3n) is 6.99. The van der Waals surface area contributed by atoms with Crippen molar-refractivity contribution in [2.45, 2.75) is 66.1 Å². The van der Waals surface area contributed by atoms with Gasteiger partial charge in [-0.05, 0) is 44.4 Å².